The predicted molar refractivity (Wildman–Crippen MR) is 86.9 cm³/mol. The summed E-state index contributed by atoms with van der Waals surface area (Å²) in [6.45, 7) is 0.983. The molecule has 0 radical (unpaired) electrons. The number of carbonyl (C=O) groups excluding carboxylic acids is 1. The summed E-state index contributed by atoms with van der Waals surface area (Å²) < 4.78 is 19.1. The Balaban J connectivity index is 1.73. The molecule has 3 N–H and O–H groups in total. The largest absolute Gasteiger partial charge is 0.491 e. The highest BCUT2D eigenvalue weighted by atomic mass is 19.1. The maximum Gasteiger partial charge on any atom is 0.255 e. The first kappa shape index (κ1) is 15.5. The van der Waals surface area contributed by atoms with Crippen molar-refractivity contribution in [2.24, 2.45) is 11.7 Å². The minimum atomic E-state index is -0.388. The number of halogens is 1. The van der Waals surface area contributed by atoms with Gasteiger partial charge in [-0.3, -0.25) is 4.79 Å². The molecule has 1 aliphatic carbocycles. The van der Waals surface area contributed by atoms with Crippen LogP contribution in [0, 0.1) is 11.7 Å². The van der Waals surface area contributed by atoms with Gasteiger partial charge in [-0.05, 0) is 48.6 Å². The lowest BCUT2D eigenvalue weighted by atomic mass is 10.1. The van der Waals surface area contributed by atoms with Crippen molar-refractivity contribution in [1.29, 1.82) is 0 Å². The van der Waals surface area contributed by atoms with Crippen LogP contribution in [-0.4, -0.2) is 12.5 Å². The quantitative estimate of drug-likeness (QED) is 0.859. The fourth-order valence-electron chi connectivity index (χ4n) is 2.20. The van der Waals surface area contributed by atoms with Crippen LogP contribution in [0.5, 0.6) is 5.75 Å². The van der Waals surface area contributed by atoms with E-state index in [1.54, 1.807) is 12.1 Å². The summed E-state index contributed by atoms with van der Waals surface area (Å²) in [6.07, 6.45) is 2.29. The van der Waals surface area contributed by atoms with E-state index in [0.717, 1.165) is 18.4 Å². The molecule has 0 atom stereocenters. The van der Waals surface area contributed by atoms with E-state index in [4.69, 9.17) is 10.5 Å². The molecule has 23 heavy (non-hydrogen) atoms. The van der Waals surface area contributed by atoms with Crippen molar-refractivity contribution in [1.82, 2.24) is 0 Å². The molecule has 0 unspecified atom stereocenters. The second-order valence-electron chi connectivity index (χ2n) is 5.75. The van der Waals surface area contributed by atoms with Crippen LogP contribution in [0.3, 0.4) is 0 Å². The van der Waals surface area contributed by atoms with E-state index in [2.05, 4.69) is 5.32 Å². The standard InChI is InChI=1S/C18H19FN2O2/c19-15-7-8-16(17(9-15)23-11-13-1-2-13)21-18(22)14-5-3-12(10-20)4-6-14/h3-9,13H,1-2,10-11,20H2,(H,21,22). The Labute approximate surface area is 134 Å². The molecule has 0 saturated heterocycles. The highest BCUT2D eigenvalue weighted by molar-refractivity contribution is 6.05. The number of hydrogen-bond donors (Lipinski definition) is 2. The van der Waals surface area contributed by atoms with E-state index in [1.165, 1.54) is 18.2 Å². The number of hydrogen-bond acceptors (Lipinski definition) is 3. The molecule has 0 spiro atoms. The van der Waals surface area contributed by atoms with Crippen LogP contribution < -0.4 is 15.8 Å². The van der Waals surface area contributed by atoms with Gasteiger partial charge in [0.2, 0.25) is 0 Å². The van der Waals surface area contributed by atoms with Crippen LogP contribution in [0.15, 0.2) is 42.5 Å². The summed E-state index contributed by atoms with van der Waals surface area (Å²) in [4.78, 5) is 12.3. The Hall–Kier alpha value is -2.40. The normalized spacial score (nSPS) is 13.7. The van der Waals surface area contributed by atoms with Gasteiger partial charge in [0.15, 0.2) is 0 Å². The highest BCUT2D eigenvalue weighted by Crippen LogP contribution is 2.32. The van der Waals surface area contributed by atoms with Gasteiger partial charge in [0.25, 0.3) is 5.91 Å². The van der Waals surface area contributed by atoms with Crippen LogP contribution in [-0.2, 0) is 6.54 Å². The molecule has 0 aliphatic heterocycles. The van der Waals surface area contributed by atoms with Crippen molar-refractivity contribution in [3.8, 4) is 5.75 Å². The average Bonchev–Trinajstić information content (AvgIpc) is 3.39. The molecule has 1 aliphatic rings. The number of amides is 1. The molecule has 2 aromatic carbocycles. The summed E-state index contributed by atoms with van der Waals surface area (Å²) in [5.74, 6) is 0.256. The number of carbonyl (C=O) groups is 1. The number of nitrogens with one attached hydrogen (secondary N) is 1. The lowest BCUT2D eigenvalue weighted by molar-refractivity contribution is 0.102. The second kappa shape index (κ2) is 6.79. The summed E-state index contributed by atoms with van der Waals surface area (Å²) in [6, 6.07) is 11.2. The summed E-state index contributed by atoms with van der Waals surface area (Å²) in [5.41, 5.74) is 7.48. The number of rotatable bonds is 6. The summed E-state index contributed by atoms with van der Waals surface area (Å²) >= 11 is 0. The number of ether oxygens (including phenoxy) is 1. The maximum atomic E-state index is 13.4. The monoisotopic (exact) mass is 314 g/mol. The van der Waals surface area contributed by atoms with Crippen LogP contribution in [0.1, 0.15) is 28.8 Å². The SMILES string of the molecule is NCc1ccc(C(=O)Nc2ccc(F)cc2OCC2CC2)cc1. The zero-order chi connectivity index (χ0) is 16.2. The van der Waals surface area contributed by atoms with E-state index >= 15 is 0 Å². The van der Waals surface area contributed by atoms with Gasteiger partial charge in [0, 0.05) is 18.2 Å². The minimum Gasteiger partial charge on any atom is -0.491 e. The number of benzene rings is 2. The Morgan fingerprint density at radius 1 is 1.22 bits per heavy atom. The molecular weight excluding hydrogens is 295 g/mol. The fraction of sp³-hybridized carbons (Fsp3) is 0.278. The van der Waals surface area contributed by atoms with Gasteiger partial charge in [0.05, 0.1) is 12.3 Å². The minimum absolute atomic E-state index is 0.267. The molecule has 120 valence electrons. The number of nitrogens with two attached hydrogens (primary N) is 1. The smallest absolute Gasteiger partial charge is 0.255 e. The molecule has 0 heterocycles. The summed E-state index contributed by atoms with van der Waals surface area (Å²) in [7, 11) is 0. The molecule has 0 bridgehead atoms. The Bertz CT molecular complexity index is 697. The average molecular weight is 314 g/mol. The summed E-state index contributed by atoms with van der Waals surface area (Å²) in [5, 5.41) is 2.77. The molecular formula is C18H19FN2O2. The zero-order valence-corrected chi connectivity index (χ0v) is 12.7. The topological polar surface area (TPSA) is 64.4 Å². The van der Waals surface area contributed by atoms with Crippen LogP contribution in [0.2, 0.25) is 0 Å². The third-order valence-corrected chi connectivity index (χ3v) is 3.82. The first-order valence-electron chi connectivity index (χ1n) is 7.68. The lowest BCUT2D eigenvalue weighted by Crippen LogP contribution is -2.13. The molecule has 1 fully saturated rings. The van der Waals surface area contributed by atoms with Crippen molar-refractivity contribution in [3.63, 3.8) is 0 Å². The molecule has 0 aromatic heterocycles. The van der Waals surface area contributed by atoms with Gasteiger partial charge in [0.1, 0.15) is 11.6 Å². The molecule has 4 nitrogen and oxygen atoms in total. The Morgan fingerprint density at radius 3 is 2.61 bits per heavy atom. The van der Waals surface area contributed by atoms with Crippen LogP contribution >= 0.6 is 0 Å². The van der Waals surface area contributed by atoms with Crippen molar-refractivity contribution >= 4 is 11.6 Å². The first-order valence-corrected chi connectivity index (χ1v) is 7.68. The van der Waals surface area contributed by atoms with Gasteiger partial charge in [-0.1, -0.05) is 12.1 Å². The van der Waals surface area contributed by atoms with E-state index < -0.39 is 0 Å². The van der Waals surface area contributed by atoms with Gasteiger partial charge < -0.3 is 15.8 Å². The molecule has 3 rings (SSSR count). The Kier molecular flexibility index (Phi) is 4.57. The van der Waals surface area contributed by atoms with E-state index in [9.17, 15) is 9.18 Å². The third-order valence-electron chi connectivity index (χ3n) is 3.82. The van der Waals surface area contributed by atoms with Crippen molar-refractivity contribution in [2.45, 2.75) is 19.4 Å². The van der Waals surface area contributed by atoms with Crippen LogP contribution in [0.25, 0.3) is 0 Å². The highest BCUT2D eigenvalue weighted by Gasteiger charge is 2.22. The van der Waals surface area contributed by atoms with Gasteiger partial charge >= 0.3 is 0 Å². The van der Waals surface area contributed by atoms with Gasteiger partial charge in [-0.25, -0.2) is 4.39 Å². The van der Waals surface area contributed by atoms with E-state index in [1.807, 2.05) is 12.1 Å². The number of anilines is 1. The van der Waals surface area contributed by atoms with Gasteiger partial charge in [-0.15, -0.1) is 0 Å². The fourth-order valence-corrected chi connectivity index (χ4v) is 2.20. The van der Waals surface area contributed by atoms with Crippen molar-refractivity contribution < 1.29 is 13.9 Å². The van der Waals surface area contributed by atoms with Crippen molar-refractivity contribution in [3.05, 3.63) is 59.4 Å². The first-order chi connectivity index (χ1) is 11.2. The molecule has 5 heteroatoms. The molecule has 1 saturated carbocycles. The predicted octanol–water partition coefficient (Wildman–Crippen LogP) is 3.33. The molecule has 1 amide bonds. The molecule has 2 aromatic rings. The third kappa shape index (κ3) is 4.07. The maximum absolute atomic E-state index is 13.4. The van der Waals surface area contributed by atoms with Gasteiger partial charge in [-0.2, -0.15) is 0 Å². The zero-order valence-electron chi connectivity index (χ0n) is 12.7. The lowest BCUT2D eigenvalue weighted by Gasteiger charge is -2.12. The van der Waals surface area contributed by atoms with E-state index in [-0.39, 0.29) is 11.7 Å². The second-order valence-corrected chi connectivity index (χ2v) is 5.75. The van der Waals surface area contributed by atoms with E-state index in [0.29, 0.717) is 36.1 Å². The van der Waals surface area contributed by atoms with Crippen molar-refractivity contribution in [2.75, 3.05) is 11.9 Å². The van der Waals surface area contributed by atoms with Crippen LogP contribution in [0.4, 0.5) is 10.1 Å². The Morgan fingerprint density at radius 2 is 1.96 bits per heavy atom.